The molecule has 1 aromatic carbocycles. The highest BCUT2D eigenvalue weighted by molar-refractivity contribution is 6.30. The van der Waals surface area contributed by atoms with Crippen LogP contribution in [-0.4, -0.2) is 84.3 Å². The maximum Gasteiger partial charge on any atom is 0.290 e. The van der Waals surface area contributed by atoms with Crippen molar-refractivity contribution < 1.29 is 18.8 Å². The number of hydrogen-bond donors (Lipinski definition) is 1. The van der Waals surface area contributed by atoms with E-state index in [1.165, 1.54) is 6.26 Å². The van der Waals surface area contributed by atoms with Gasteiger partial charge in [0, 0.05) is 43.5 Å². The van der Waals surface area contributed by atoms with Gasteiger partial charge in [-0.05, 0) is 64.2 Å². The molecule has 1 aliphatic heterocycles. The molecule has 3 amide bonds. The van der Waals surface area contributed by atoms with Crippen molar-refractivity contribution >= 4 is 29.3 Å². The number of carbonyl (C=O) groups excluding carboxylic acids is 3. The van der Waals surface area contributed by atoms with Crippen LogP contribution in [0.2, 0.25) is 5.02 Å². The molecule has 9 heteroatoms. The Morgan fingerprint density at radius 3 is 2.49 bits per heavy atom. The van der Waals surface area contributed by atoms with Crippen molar-refractivity contribution in [1.82, 2.24) is 20.0 Å². The fourth-order valence-corrected chi connectivity index (χ4v) is 4.51. The Labute approximate surface area is 212 Å². The SMILES string of the molecule is CC(C)N(C(=O)c1ccco1)C1CCN(C(=O)C(Cc2ccc(Cl)cc2)NC(=O)CCN(C)C)C1. The lowest BCUT2D eigenvalue weighted by molar-refractivity contribution is -0.135. The molecule has 2 unspecified atom stereocenters. The minimum Gasteiger partial charge on any atom is -0.459 e. The van der Waals surface area contributed by atoms with Crippen LogP contribution in [0.25, 0.3) is 0 Å². The van der Waals surface area contributed by atoms with E-state index in [2.05, 4.69) is 5.32 Å². The standard InChI is InChI=1S/C26H35ClN4O4/c1-18(2)31(26(34)23-6-5-15-35-23)21-11-14-30(17-21)25(33)22(28-24(32)12-13-29(3)4)16-19-7-9-20(27)10-8-19/h5-10,15,18,21-22H,11-14,16-17H2,1-4H3,(H,28,32). The van der Waals surface area contributed by atoms with Crippen LogP contribution in [-0.2, 0) is 16.0 Å². The molecule has 1 N–H and O–H groups in total. The number of rotatable bonds is 10. The third-order valence-corrected chi connectivity index (χ3v) is 6.42. The quantitative estimate of drug-likeness (QED) is 0.539. The van der Waals surface area contributed by atoms with Crippen LogP contribution in [0.3, 0.4) is 0 Å². The van der Waals surface area contributed by atoms with Crippen molar-refractivity contribution in [1.29, 1.82) is 0 Å². The van der Waals surface area contributed by atoms with Crippen molar-refractivity contribution in [3.63, 3.8) is 0 Å². The van der Waals surface area contributed by atoms with E-state index in [0.717, 1.165) is 5.56 Å². The van der Waals surface area contributed by atoms with Crippen molar-refractivity contribution in [2.45, 2.75) is 51.2 Å². The molecule has 3 rings (SSSR count). The first-order valence-electron chi connectivity index (χ1n) is 12.0. The number of likely N-dealkylation sites (tertiary alicyclic amines) is 1. The van der Waals surface area contributed by atoms with Crippen molar-refractivity contribution in [3.05, 3.63) is 59.0 Å². The second-order valence-corrected chi connectivity index (χ2v) is 9.95. The number of nitrogens with zero attached hydrogens (tertiary/aromatic N) is 3. The third kappa shape index (κ3) is 7.32. The molecule has 2 aromatic rings. The van der Waals surface area contributed by atoms with Gasteiger partial charge in [-0.2, -0.15) is 0 Å². The first-order chi connectivity index (χ1) is 16.7. The molecule has 2 atom stereocenters. The van der Waals surface area contributed by atoms with Gasteiger partial charge in [0.1, 0.15) is 6.04 Å². The highest BCUT2D eigenvalue weighted by Gasteiger charge is 2.37. The Morgan fingerprint density at radius 1 is 1.17 bits per heavy atom. The second kappa shape index (κ2) is 12.2. The first-order valence-corrected chi connectivity index (χ1v) is 12.4. The van der Waals surface area contributed by atoms with Crippen LogP contribution in [0.5, 0.6) is 0 Å². The number of furan rings is 1. The van der Waals surface area contributed by atoms with E-state index in [1.807, 2.05) is 45.0 Å². The van der Waals surface area contributed by atoms with E-state index >= 15 is 0 Å². The molecular formula is C26H35ClN4O4. The molecule has 8 nitrogen and oxygen atoms in total. The molecule has 1 aromatic heterocycles. The highest BCUT2D eigenvalue weighted by Crippen LogP contribution is 2.22. The molecule has 190 valence electrons. The molecule has 0 saturated carbocycles. The molecular weight excluding hydrogens is 468 g/mol. The summed E-state index contributed by atoms with van der Waals surface area (Å²) in [4.78, 5) is 44.7. The van der Waals surface area contributed by atoms with Crippen LogP contribution >= 0.6 is 11.6 Å². The molecule has 1 aliphatic rings. The third-order valence-electron chi connectivity index (χ3n) is 6.16. The van der Waals surface area contributed by atoms with Gasteiger partial charge in [-0.15, -0.1) is 0 Å². The predicted octanol–water partition coefficient (Wildman–Crippen LogP) is 3.06. The first kappa shape index (κ1) is 26.8. The number of amides is 3. The zero-order chi connectivity index (χ0) is 25.5. The van der Waals surface area contributed by atoms with Gasteiger partial charge in [0.2, 0.25) is 11.8 Å². The van der Waals surface area contributed by atoms with E-state index < -0.39 is 6.04 Å². The van der Waals surface area contributed by atoms with Gasteiger partial charge in [-0.3, -0.25) is 14.4 Å². The topological polar surface area (TPSA) is 86.1 Å². The Balaban J connectivity index is 1.72. The fourth-order valence-electron chi connectivity index (χ4n) is 4.39. The largest absolute Gasteiger partial charge is 0.459 e. The number of nitrogens with one attached hydrogen (secondary N) is 1. The monoisotopic (exact) mass is 502 g/mol. The minimum atomic E-state index is -0.696. The second-order valence-electron chi connectivity index (χ2n) is 9.51. The maximum atomic E-state index is 13.6. The smallest absolute Gasteiger partial charge is 0.290 e. The summed E-state index contributed by atoms with van der Waals surface area (Å²) in [5.41, 5.74) is 0.910. The summed E-state index contributed by atoms with van der Waals surface area (Å²) < 4.78 is 5.32. The summed E-state index contributed by atoms with van der Waals surface area (Å²) in [6.45, 7) is 5.44. The van der Waals surface area contributed by atoms with Crippen LogP contribution in [0.15, 0.2) is 47.1 Å². The Hall–Kier alpha value is -2.84. The summed E-state index contributed by atoms with van der Waals surface area (Å²) in [5.74, 6) is -0.204. The van der Waals surface area contributed by atoms with Gasteiger partial charge in [0.25, 0.3) is 5.91 Å². The number of carbonyl (C=O) groups is 3. The van der Waals surface area contributed by atoms with Gasteiger partial charge < -0.3 is 24.4 Å². The average molecular weight is 503 g/mol. The maximum absolute atomic E-state index is 13.6. The Bertz CT molecular complexity index is 991. The number of benzene rings is 1. The molecule has 1 fully saturated rings. The van der Waals surface area contributed by atoms with Crippen molar-refractivity contribution in [2.75, 3.05) is 33.7 Å². The molecule has 35 heavy (non-hydrogen) atoms. The number of halogens is 1. The normalized spacial score (nSPS) is 16.5. The van der Waals surface area contributed by atoms with Gasteiger partial charge in [-0.25, -0.2) is 0 Å². The van der Waals surface area contributed by atoms with Gasteiger partial charge in [0.05, 0.1) is 12.3 Å². The molecule has 0 spiro atoms. The van der Waals surface area contributed by atoms with E-state index in [9.17, 15) is 14.4 Å². The molecule has 2 heterocycles. The minimum absolute atomic E-state index is 0.0525. The van der Waals surface area contributed by atoms with Crippen molar-refractivity contribution in [3.8, 4) is 0 Å². The van der Waals surface area contributed by atoms with Crippen LogP contribution in [0.4, 0.5) is 0 Å². The summed E-state index contributed by atoms with van der Waals surface area (Å²) in [7, 11) is 3.80. The van der Waals surface area contributed by atoms with E-state index in [1.54, 1.807) is 34.1 Å². The lowest BCUT2D eigenvalue weighted by Crippen LogP contribution is -2.51. The zero-order valence-electron chi connectivity index (χ0n) is 20.9. The predicted molar refractivity (Wildman–Crippen MR) is 135 cm³/mol. The zero-order valence-corrected chi connectivity index (χ0v) is 21.6. The van der Waals surface area contributed by atoms with Crippen molar-refractivity contribution in [2.24, 2.45) is 0 Å². The van der Waals surface area contributed by atoms with Gasteiger partial charge in [-0.1, -0.05) is 23.7 Å². The van der Waals surface area contributed by atoms with Crippen LogP contribution < -0.4 is 5.32 Å². The molecule has 0 bridgehead atoms. The Kier molecular flexibility index (Phi) is 9.34. The summed E-state index contributed by atoms with van der Waals surface area (Å²) in [6, 6.07) is 9.75. The summed E-state index contributed by atoms with van der Waals surface area (Å²) >= 11 is 6.01. The van der Waals surface area contributed by atoms with E-state index in [-0.39, 0.29) is 35.6 Å². The molecule has 0 radical (unpaired) electrons. The number of hydrogen-bond acceptors (Lipinski definition) is 5. The van der Waals surface area contributed by atoms with Crippen LogP contribution in [0, 0.1) is 0 Å². The average Bonchev–Trinajstić information content (AvgIpc) is 3.51. The lowest BCUT2D eigenvalue weighted by Gasteiger charge is -2.32. The van der Waals surface area contributed by atoms with E-state index in [0.29, 0.717) is 43.9 Å². The van der Waals surface area contributed by atoms with Gasteiger partial charge >= 0.3 is 0 Å². The van der Waals surface area contributed by atoms with E-state index in [4.69, 9.17) is 16.0 Å². The van der Waals surface area contributed by atoms with Gasteiger partial charge in [0.15, 0.2) is 5.76 Å². The lowest BCUT2D eigenvalue weighted by atomic mass is 10.0. The highest BCUT2D eigenvalue weighted by atomic mass is 35.5. The summed E-state index contributed by atoms with van der Waals surface area (Å²) in [5, 5.41) is 3.55. The molecule has 1 saturated heterocycles. The summed E-state index contributed by atoms with van der Waals surface area (Å²) in [6.07, 6.45) is 2.82. The fraction of sp³-hybridized carbons (Fsp3) is 0.500. The Morgan fingerprint density at radius 2 is 1.89 bits per heavy atom. The molecule has 0 aliphatic carbocycles. The van der Waals surface area contributed by atoms with Crippen LogP contribution in [0.1, 0.15) is 42.8 Å².